The number of aryl methyl sites for hydroxylation is 2. The minimum Gasteiger partial charge on any atom is -0.338 e. The molecule has 2 aromatic rings. The van der Waals surface area contributed by atoms with Crippen LogP contribution in [0.5, 0.6) is 0 Å². The van der Waals surface area contributed by atoms with Crippen LogP contribution in [0.25, 0.3) is 11.0 Å². The Morgan fingerprint density at radius 2 is 1.87 bits per heavy atom. The molecular weight excluding hydrogens is 511 g/mol. The molecule has 1 aromatic carbocycles. The molecular formula is C15H18Br3ClN4. The van der Waals surface area contributed by atoms with Crippen molar-refractivity contribution in [3.8, 4) is 0 Å². The fraction of sp³-hybridized carbons (Fsp3) is 0.533. The molecule has 0 amide bonds. The second-order valence-corrected chi connectivity index (χ2v) is 8.39. The average Bonchev–Trinajstić information content (AvgIpc) is 3.15. The molecule has 4 rings (SSSR count). The number of nitrogens with two attached hydrogens (primary N) is 1. The van der Waals surface area contributed by atoms with Crippen LogP contribution in [-0.2, 0) is 13.0 Å². The van der Waals surface area contributed by atoms with Gasteiger partial charge in [-0.1, -0.05) is 0 Å². The number of hydrogen-bond acceptors (Lipinski definition) is 3. The first kappa shape index (κ1) is 18.0. The van der Waals surface area contributed by atoms with Gasteiger partial charge in [-0.15, -0.1) is 12.4 Å². The number of rotatable bonds is 2. The third-order valence-corrected chi connectivity index (χ3v) is 8.31. The fourth-order valence-electron chi connectivity index (χ4n) is 3.75. The van der Waals surface area contributed by atoms with E-state index in [-0.39, 0.29) is 12.4 Å². The van der Waals surface area contributed by atoms with Gasteiger partial charge in [-0.2, -0.15) is 0 Å². The first-order valence-corrected chi connectivity index (χ1v) is 10.0. The molecule has 1 aromatic heterocycles. The largest absolute Gasteiger partial charge is 0.338 e. The highest BCUT2D eigenvalue weighted by molar-refractivity contribution is 9.14. The molecule has 0 bridgehead atoms. The van der Waals surface area contributed by atoms with Gasteiger partial charge in [-0.3, -0.25) is 0 Å². The molecule has 0 aliphatic carbocycles. The lowest BCUT2D eigenvalue weighted by atomic mass is 10.0. The van der Waals surface area contributed by atoms with Crippen LogP contribution in [0.2, 0.25) is 0 Å². The van der Waals surface area contributed by atoms with Crippen molar-refractivity contribution in [3.05, 3.63) is 19.0 Å². The van der Waals surface area contributed by atoms with Gasteiger partial charge in [-0.25, -0.2) is 4.98 Å². The van der Waals surface area contributed by atoms with E-state index in [4.69, 9.17) is 10.7 Å². The quantitative estimate of drug-likeness (QED) is 0.578. The molecule has 3 heterocycles. The summed E-state index contributed by atoms with van der Waals surface area (Å²) < 4.78 is 5.63. The predicted octanol–water partition coefficient (Wildman–Crippen LogP) is 4.62. The number of halogens is 4. The second kappa shape index (κ2) is 6.83. The number of aromatic nitrogens is 2. The zero-order valence-electron chi connectivity index (χ0n) is 12.5. The van der Waals surface area contributed by atoms with Gasteiger partial charge in [0.05, 0.1) is 9.99 Å². The minimum atomic E-state index is 0. The molecule has 1 atom stereocenters. The van der Waals surface area contributed by atoms with Crippen LogP contribution in [0.4, 0.5) is 5.95 Å². The molecule has 0 radical (unpaired) electrons. The predicted molar refractivity (Wildman–Crippen MR) is 108 cm³/mol. The third-order valence-electron chi connectivity index (χ3n) is 4.81. The average molecular weight is 530 g/mol. The van der Waals surface area contributed by atoms with E-state index >= 15 is 0 Å². The number of hydrogen-bond donors (Lipinski definition) is 1. The van der Waals surface area contributed by atoms with E-state index in [1.54, 1.807) is 0 Å². The summed E-state index contributed by atoms with van der Waals surface area (Å²) in [6.45, 7) is 2.79. The van der Waals surface area contributed by atoms with Crippen LogP contribution >= 0.6 is 60.2 Å². The molecule has 2 aliphatic rings. The van der Waals surface area contributed by atoms with Crippen LogP contribution in [-0.4, -0.2) is 28.7 Å². The van der Waals surface area contributed by atoms with E-state index in [0.717, 1.165) is 50.8 Å². The SMILES string of the molecule is Cl.NCC1CCCN1c1nc2c(Br)c(Br)c(Br)c3c2n1CCC3. The van der Waals surface area contributed by atoms with Crippen molar-refractivity contribution in [2.75, 3.05) is 18.0 Å². The minimum absolute atomic E-state index is 0. The molecule has 2 aliphatic heterocycles. The standard InChI is InChI=1S/C15H17Br3N4.ClH/c16-10-9-4-2-6-22-14(9)13(12(18)11(10)17)20-15(22)21-5-1-3-8(21)7-19;/h8H,1-7,19H2;1H. The summed E-state index contributed by atoms with van der Waals surface area (Å²) in [5, 5.41) is 0. The second-order valence-electron chi connectivity index (χ2n) is 6.01. The highest BCUT2D eigenvalue weighted by atomic mass is 79.9. The van der Waals surface area contributed by atoms with Crippen LogP contribution in [0.3, 0.4) is 0 Å². The number of benzene rings is 1. The summed E-state index contributed by atoms with van der Waals surface area (Å²) in [5.41, 5.74) is 9.65. The molecule has 8 heteroatoms. The molecule has 2 N–H and O–H groups in total. The fourth-order valence-corrected chi connectivity index (χ4v) is 5.51. The summed E-state index contributed by atoms with van der Waals surface area (Å²) in [7, 11) is 0. The molecule has 1 saturated heterocycles. The molecule has 1 fully saturated rings. The number of anilines is 1. The van der Waals surface area contributed by atoms with Gasteiger partial charge in [0.15, 0.2) is 0 Å². The van der Waals surface area contributed by atoms with Gasteiger partial charge < -0.3 is 15.2 Å². The Hall–Kier alpha value is 0.180. The van der Waals surface area contributed by atoms with Crippen molar-refractivity contribution < 1.29 is 0 Å². The maximum atomic E-state index is 5.97. The van der Waals surface area contributed by atoms with Crippen molar-refractivity contribution in [1.82, 2.24) is 9.55 Å². The lowest BCUT2D eigenvalue weighted by Gasteiger charge is -2.27. The molecule has 1 unspecified atom stereocenters. The van der Waals surface area contributed by atoms with Crippen molar-refractivity contribution in [2.45, 2.75) is 38.3 Å². The van der Waals surface area contributed by atoms with Crippen molar-refractivity contribution in [3.63, 3.8) is 0 Å². The Labute approximate surface area is 167 Å². The highest BCUT2D eigenvalue weighted by Gasteiger charge is 2.31. The van der Waals surface area contributed by atoms with Crippen LogP contribution < -0.4 is 10.6 Å². The van der Waals surface area contributed by atoms with Gasteiger partial charge >= 0.3 is 0 Å². The Morgan fingerprint density at radius 3 is 2.61 bits per heavy atom. The van der Waals surface area contributed by atoms with Gasteiger partial charge in [0.2, 0.25) is 5.95 Å². The summed E-state index contributed by atoms with van der Waals surface area (Å²) in [6, 6.07) is 0.420. The monoisotopic (exact) mass is 526 g/mol. The maximum Gasteiger partial charge on any atom is 0.206 e. The normalized spacial score (nSPS) is 20.2. The van der Waals surface area contributed by atoms with E-state index in [1.807, 2.05) is 0 Å². The van der Waals surface area contributed by atoms with Crippen LogP contribution in [0.1, 0.15) is 24.8 Å². The Kier molecular flexibility index (Phi) is 5.34. The van der Waals surface area contributed by atoms with Crippen molar-refractivity contribution >= 4 is 77.2 Å². The Bertz CT molecular complexity index is 761. The topological polar surface area (TPSA) is 47.1 Å². The van der Waals surface area contributed by atoms with E-state index in [9.17, 15) is 0 Å². The zero-order chi connectivity index (χ0) is 15.4. The van der Waals surface area contributed by atoms with E-state index in [2.05, 4.69) is 57.3 Å². The van der Waals surface area contributed by atoms with Gasteiger partial charge in [-0.05, 0) is 79.0 Å². The molecule has 126 valence electrons. The summed E-state index contributed by atoms with van der Waals surface area (Å²) in [5.74, 6) is 1.09. The Balaban J connectivity index is 0.00000156. The molecule has 4 nitrogen and oxygen atoms in total. The summed E-state index contributed by atoms with van der Waals surface area (Å²) in [6.07, 6.45) is 4.61. The van der Waals surface area contributed by atoms with E-state index in [0.29, 0.717) is 12.6 Å². The number of imidazole rings is 1. The van der Waals surface area contributed by atoms with Gasteiger partial charge in [0.25, 0.3) is 0 Å². The summed E-state index contributed by atoms with van der Waals surface area (Å²) >= 11 is 11.1. The van der Waals surface area contributed by atoms with E-state index < -0.39 is 0 Å². The van der Waals surface area contributed by atoms with Gasteiger partial charge in [0, 0.05) is 34.6 Å². The lowest BCUT2D eigenvalue weighted by molar-refractivity contribution is 0.598. The molecule has 23 heavy (non-hydrogen) atoms. The maximum absolute atomic E-state index is 5.97. The van der Waals surface area contributed by atoms with Crippen LogP contribution in [0, 0.1) is 0 Å². The van der Waals surface area contributed by atoms with Crippen molar-refractivity contribution in [1.29, 1.82) is 0 Å². The molecule has 0 spiro atoms. The number of nitrogens with zero attached hydrogens (tertiary/aromatic N) is 3. The van der Waals surface area contributed by atoms with Crippen molar-refractivity contribution in [2.24, 2.45) is 5.73 Å². The third kappa shape index (κ3) is 2.67. The van der Waals surface area contributed by atoms with Gasteiger partial charge in [0.1, 0.15) is 5.52 Å². The highest BCUT2D eigenvalue weighted by Crippen LogP contribution is 2.44. The Morgan fingerprint density at radius 1 is 1.09 bits per heavy atom. The smallest absolute Gasteiger partial charge is 0.206 e. The first-order valence-electron chi connectivity index (χ1n) is 7.65. The van der Waals surface area contributed by atoms with Crippen LogP contribution in [0.15, 0.2) is 13.4 Å². The lowest BCUT2D eigenvalue weighted by Crippen LogP contribution is -2.37. The molecule has 0 saturated carbocycles. The van der Waals surface area contributed by atoms with E-state index in [1.165, 1.54) is 23.9 Å². The summed E-state index contributed by atoms with van der Waals surface area (Å²) in [4.78, 5) is 7.41. The first-order chi connectivity index (χ1) is 10.6. The zero-order valence-corrected chi connectivity index (χ0v) is 18.1.